The number of nitrogens with zero attached hydrogens (tertiary/aromatic N) is 2. The lowest BCUT2D eigenvalue weighted by molar-refractivity contribution is -0.387. The highest BCUT2D eigenvalue weighted by Gasteiger charge is 2.29. The van der Waals surface area contributed by atoms with Crippen molar-refractivity contribution in [3.63, 3.8) is 0 Å². The van der Waals surface area contributed by atoms with Crippen LogP contribution in [0.3, 0.4) is 0 Å². The number of amides is 1. The monoisotopic (exact) mass is 282 g/mol. The minimum Gasteiger partial charge on any atom is -0.393 e. The first kappa shape index (κ1) is 14.4. The van der Waals surface area contributed by atoms with Crippen molar-refractivity contribution in [2.24, 2.45) is 5.92 Å². The van der Waals surface area contributed by atoms with Crippen LogP contribution in [0.15, 0.2) is 18.2 Å². The van der Waals surface area contributed by atoms with Gasteiger partial charge in [-0.2, -0.15) is 4.39 Å². The van der Waals surface area contributed by atoms with Gasteiger partial charge >= 0.3 is 5.69 Å². The summed E-state index contributed by atoms with van der Waals surface area (Å²) in [5.74, 6) is -1.16. The van der Waals surface area contributed by atoms with Crippen LogP contribution < -0.4 is 0 Å². The normalized spacial score (nSPS) is 21.1. The molecular formula is C13H15FN2O4. The highest BCUT2D eigenvalue weighted by molar-refractivity contribution is 5.94. The van der Waals surface area contributed by atoms with Gasteiger partial charge in [0.1, 0.15) is 0 Å². The van der Waals surface area contributed by atoms with Crippen LogP contribution in [0.2, 0.25) is 0 Å². The van der Waals surface area contributed by atoms with Gasteiger partial charge in [0, 0.05) is 25.2 Å². The Morgan fingerprint density at radius 1 is 1.55 bits per heavy atom. The van der Waals surface area contributed by atoms with E-state index in [1.165, 1.54) is 11.0 Å². The van der Waals surface area contributed by atoms with Crippen molar-refractivity contribution in [3.05, 3.63) is 39.7 Å². The van der Waals surface area contributed by atoms with Crippen LogP contribution in [-0.4, -0.2) is 40.5 Å². The molecule has 1 amide bonds. The molecule has 2 rings (SSSR count). The molecule has 0 bridgehead atoms. The summed E-state index contributed by atoms with van der Waals surface area (Å²) in [6.07, 6.45) is 1.03. The molecule has 7 heteroatoms. The summed E-state index contributed by atoms with van der Waals surface area (Å²) in [5.41, 5.74) is -0.568. The van der Waals surface area contributed by atoms with E-state index in [1.54, 1.807) is 7.05 Å². The fourth-order valence-corrected chi connectivity index (χ4v) is 2.33. The van der Waals surface area contributed by atoms with Crippen molar-refractivity contribution in [1.29, 1.82) is 0 Å². The third-order valence-electron chi connectivity index (χ3n) is 3.48. The standard InChI is InChI=1S/C13H15FN2O4/c1-15(7-8-4-10(17)5-8)13(18)9-2-3-12(16(19)20)11(14)6-9/h2-3,6,8,10,17H,4-5,7H2,1H3. The van der Waals surface area contributed by atoms with Gasteiger partial charge in [-0.25, -0.2) is 0 Å². The number of nitro benzene ring substituents is 1. The topological polar surface area (TPSA) is 83.7 Å². The summed E-state index contributed by atoms with van der Waals surface area (Å²) in [6.45, 7) is 0.481. The Balaban J connectivity index is 2.05. The van der Waals surface area contributed by atoms with Gasteiger partial charge in [0.25, 0.3) is 5.91 Å². The Kier molecular flexibility index (Phi) is 3.99. The molecule has 1 N–H and O–H groups in total. The van der Waals surface area contributed by atoms with Crippen molar-refractivity contribution in [2.45, 2.75) is 18.9 Å². The zero-order valence-corrected chi connectivity index (χ0v) is 11.0. The molecule has 0 saturated heterocycles. The fourth-order valence-electron chi connectivity index (χ4n) is 2.33. The second-order valence-corrected chi connectivity index (χ2v) is 5.10. The highest BCUT2D eigenvalue weighted by Crippen LogP contribution is 2.28. The van der Waals surface area contributed by atoms with Crippen molar-refractivity contribution in [2.75, 3.05) is 13.6 Å². The lowest BCUT2D eigenvalue weighted by Crippen LogP contribution is -2.39. The predicted octanol–water partition coefficient (Wildman–Crippen LogP) is 1.58. The van der Waals surface area contributed by atoms with E-state index < -0.39 is 16.4 Å². The maximum atomic E-state index is 13.5. The van der Waals surface area contributed by atoms with Crippen LogP contribution >= 0.6 is 0 Å². The molecule has 1 aromatic rings. The van der Waals surface area contributed by atoms with E-state index in [0.717, 1.165) is 12.1 Å². The van der Waals surface area contributed by atoms with Gasteiger partial charge in [0.15, 0.2) is 0 Å². The smallest absolute Gasteiger partial charge is 0.304 e. The molecular weight excluding hydrogens is 267 g/mol. The first-order chi connectivity index (χ1) is 9.38. The van der Waals surface area contributed by atoms with Crippen molar-refractivity contribution >= 4 is 11.6 Å². The van der Waals surface area contributed by atoms with E-state index in [0.29, 0.717) is 19.4 Å². The van der Waals surface area contributed by atoms with Crippen LogP contribution in [0.1, 0.15) is 23.2 Å². The molecule has 0 heterocycles. The number of nitro groups is 1. The molecule has 1 fully saturated rings. The Labute approximate surface area is 115 Å². The van der Waals surface area contributed by atoms with Crippen molar-refractivity contribution in [3.8, 4) is 0 Å². The van der Waals surface area contributed by atoms with Crippen LogP contribution in [-0.2, 0) is 0 Å². The lowest BCUT2D eigenvalue weighted by atomic mass is 9.82. The summed E-state index contributed by atoms with van der Waals surface area (Å²) < 4.78 is 13.5. The number of carbonyl (C=O) groups excluding carboxylic acids is 1. The second-order valence-electron chi connectivity index (χ2n) is 5.10. The summed E-state index contributed by atoms with van der Waals surface area (Å²) >= 11 is 0. The molecule has 0 aliphatic heterocycles. The highest BCUT2D eigenvalue weighted by atomic mass is 19.1. The maximum Gasteiger partial charge on any atom is 0.304 e. The first-order valence-corrected chi connectivity index (χ1v) is 6.26. The molecule has 6 nitrogen and oxygen atoms in total. The average Bonchev–Trinajstić information content (AvgIpc) is 2.35. The van der Waals surface area contributed by atoms with Gasteiger partial charge in [-0.15, -0.1) is 0 Å². The maximum absolute atomic E-state index is 13.5. The summed E-state index contributed by atoms with van der Waals surface area (Å²) in [4.78, 5) is 23.2. The number of aliphatic hydroxyl groups excluding tert-OH is 1. The molecule has 1 aliphatic carbocycles. The predicted molar refractivity (Wildman–Crippen MR) is 68.7 cm³/mol. The van der Waals surface area contributed by atoms with Gasteiger partial charge in [0.2, 0.25) is 5.82 Å². The molecule has 0 unspecified atom stereocenters. The van der Waals surface area contributed by atoms with Crippen LogP contribution in [0.5, 0.6) is 0 Å². The molecule has 0 aromatic heterocycles. The molecule has 1 saturated carbocycles. The Hall–Kier alpha value is -2.02. The number of carbonyl (C=O) groups is 1. The Morgan fingerprint density at radius 3 is 2.70 bits per heavy atom. The number of aliphatic hydroxyl groups is 1. The molecule has 0 radical (unpaired) electrons. The number of hydrogen-bond donors (Lipinski definition) is 1. The summed E-state index contributed by atoms with van der Waals surface area (Å²) in [7, 11) is 1.59. The second kappa shape index (κ2) is 5.54. The number of hydrogen-bond acceptors (Lipinski definition) is 4. The fraction of sp³-hybridized carbons (Fsp3) is 0.462. The zero-order chi connectivity index (χ0) is 14.9. The van der Waals surface area contributed by atoms with Crippen LogP contribution in [0, 0.1) is 21.8 Å². The van der Waals surface area contributed by atoms with Gasteiger partial charge in [-0.05, 0) is 30.9 Å². The largest absolute Gasteiger partial charge is 0.393 e. The minimum atomic E-state index is -1.02. The van der Waals surface area contributed by atoms with Gasteiger partial charge < -0.3 is 10.0 Å². The number of rotatable bonds is 4. The van der Waals surface area contributed by atoms with Crippen molar-refractivity contribution in [1.82, 2.24) is 4.90 Å². The van der Waals surface area contributed by atoms with Gasteiger partial charge in [0.05, 0.1) is 11.0 Å². The quantitative estimate of drug-likeness (QED) is 0.671. The Morgan fingerprint density at radius 2 is 2.20 bits per heavy atom. The van der Waals surface area contributed by atoms with Crippen LogP contribution in [0.4, 0.5) is 10.1 Å². The molecule has 1 aliphatic rings. The lowest BCUT2D eigenvalue weighted by Gasteiger charge is -2.34. The van der Waals surface area contributed by atoms with E-state index >= 15 is 0 Å². The van der Waals surface area contributed by atoms with E-state index in [9.17, 15) is 24.4 Å². The van der Waals surface area contributed by atoms with E-state index in [2.05, 4.69) is 0 Å². The van der Waals surface area contributed by atoms with E-state index in [1.807, 2.05) is 0 Å². The van der Waals surface area contributed by atoms with Crippen LogP contribution in [0.25, 0.3) is 0 Å². The third kappa shape index (κ3) is 2.93. The van der Waals surface area contributed by atoms with Gasteiger partial charge in [-0.1, -0.05) is 0 Å². The summed E-state index contributed by atoms with van der Waals surface area (Å²) in [5, 5.41) is 19.7. The average molecular weight is 282 g/mol. The zero-order valence-electron chi connectivity index (χ0n) is 11.0. The Bertz CT molecular complexity index is 543. The summed E-state index contributed by atoms with van der Waals surface area (Å²) in [6, 6.07) is 3.12. The molecule has 0 atom stereocenters. The molecule has 20 heavy (non-hydrogen) atoms. The molecule has 1 aromatic carbocycles. The first-order valence-electron chi connectivity index (χ1n) is 6.26. The third-order valence-corrected chi connectivity index (χ3v) is 3.48. The van der Waals surface area contributed by atoms with Gasteiger partial charge in [-0.3, -0.25) is 14.9 Å². The number of benzene rings is 1. The van der Waals surface area contributed by atoms with E-state index in [4.69, 9.17) is 0 Å². The van der Waals surface area contributed by atoms with E-state index in [-0.39, 0.29) is 23.5 Å². The van der Waals surface area contributed by atoms with Crippen molar-refractivity contribution < 1.29 is 19.2 Å². The SMILES string of the molecule is CN(CC1CC(O)C1)C(=O)c1ccc([N+](=O)[O-])c(F)c1. The molecule has 108 valence electrons. The number of halogens is 1. The minimum absolute atomic E-state index is 0.0791. The molecule has 0 spiro atoms.